The van der Waals surface area contributed by atoms with Gasteiger partial charge in [-0.2, -0.15) is 0 Å². The topological polar surface area (TPSA) is 81.4 Å². The number of halogens is 1. The van der Waals surface area contributed by atoms with Gasteiger partial charge in [0.05, 0.1) is 6.10 Å². The van der Waals surface area contributed by atoms with Gasteiger partial charge in [-0.05, 0) is 37.5 Å². The summed E-state index contributed by atoms with van der Waals surface area (Å²) in [6, 6.07) is 3.17. The van der Waals surface area contributed by atoms with E-state index in [4.69, 9.17) is 10.5 Å². The highest BCUT2D eigenvalue weighted by Crippen LogP contribution is 2.24. The average molecular weight is 288 g/mol. The minimum Gasteiger partial charge on any atom is -0.399 e. The van der Waals surface area contributed by atoms with Crippen LogP contribution < -0.4 is 10.5 Å². The molecule has 0 spiro atoms. The third kappa shape index (κ3) is 3.05. The maximum Gasteiger partial charge on any atom is 0.243 e. The van der Waals surface area contributed by atoms with Crippen LogP contribution in [-0.4, -0.2) is 27.7 Å². The summed E-state index contributed by atoms with van der Waals surface area (Å²) in [5, 5.41) is 0. The molecule has 1 saturated carbocycles. The standard InChI is InChI=1S/C12H17FN2O3S/c1-18-11-4-2-3-10(11)15-19(16,17)12-7-8(14)5-6-9(12)13/h5-7,10-11,15H,2-4,14H2,1H3. The number of methoxy groups -OCH3 is 1. The zero-order valence-corrected chi connectivity index (χ0v) is 11.4. The van der Waals surface area contributed by atoms with Gasteiger partial charge in [-0.25, -0.2) is 17.5 Å². The van der Waals surface area contributed by atoms with Gasteiger partial charge in [-0.3, -0.25) is 0 Å². The molecule has 0 saturated heterocycles. The number of hydrogen-bond donors (Lipinski definition) is 2. The van der Waals surface area contributed by atoms with Gasteiger partial charge in [0.1, 0.15) is 10.7 Å². The molecule has 1 aliphatic carbocycles. The van der Waals surface area contributed by atoms with Crippen LogP contribution in [0.15, 0.2) is 23.1 Å². The zero-order valence-electron chi connectivity index (χ0n) is 10.6. The lowest BCUT2D eigenvalue weighted by Gasteiger charge is -2.19. The Morgan fingerprint density at radius 1 is 1.42 bits per heavy atom. The zero-order chi connectivity index (χ0) is 14.0. The van der Waals surface area contributed by atoms with Gasteiger partial charge in [0.2, 0.25) is 10.0 Å². The van der Waals surface area contributed by atoms with Gasteiger partial charge in [0, 0.05) is 18.8 Å². The number of benzene rings is 1. The summed E-state index contributed by atoms with van der Waals surface area (Å²) in [6.45, 7) is 0. The predicted octanol–water partition coefficient (Wildman–Crippen LogP) is 1.25. The lowest BCUT2D eigenvalue weighted by molar-refractivity contribution is 0.0916. The molecule has 106 valence electrons. The summed E-state index contributed by atoms with van der Waals surface area (Å²) in [7, 11) is -2.38. The summed E-state index contributed by atoms with van der Waals surface area (Å²) in [4.78, 5) is -0.422. The van der Waals surface area contributed by atoms with E-state index >= 15 is 0 Å². The van der Waals surface area contributed by atoms with Crippen LogP contribution in [0.25, 0.3) is 0 Å². The molecule has 0 aliphatic heterocycles. The van der Waals surface area contributed by atoms with Gasteiger partial charge in [-0.15, -0.1) is 0 Å². The molecule has 0 heterocycles. The molecule has 2 unspecified atom stereocenters. The molecule has 7 heteroatoms. The maximum atomic E-state index is 13.6. The van der Waals surface area contributed by atoms with Crippen LogP contribution in [0.1, 0.15) is 19.3 Å². The fourth-order valence-electron chi connectivity index (χ4n) is 2.33. The Morgan fingerprint density at radius 3 is 2.84 bits per heavy atom. The smallest absolute Gasteiger partial charge is 0.243 e. The monoisotopic (exact) mass is 288 g/mol. The van der Waals surface area contributed by atoms with Crippen molar-refractivity contribution < 1.29 is 17.5 Å². The fourth-order valence-corrected chi connectivity index (χ4v) is 3.74. The van der Waals surface area contributed by atoms with Crippen molar-refractivity contribution in [1.82, 2.24) is 4.72 Å². The van der Waals surface area contributed by atoms with E-state index in [2.05, 4.69) is 4.72 Å². The molecule has 0 amide bonds. The highest BCUT2D eigenvalue weighted by atomic mass is 32.2. The molecular formula is C12H17FN2O3S. The van der Waals surface area contributed by atoms with Crippen LogP contribution >= 0.6 is 0 Å². The van der Waals surface area contributed by atoms with Crippen molar-refractivity contribution >= 4 is 15.7 Å². The van der Waals surface area contributed by atoms with Crippen LogP contribution in [0.5, 0.6) is 0 Å². The Morgan fingerprint density at radius 2 is 2.16 bits per heavy atom. The van der Waals surface area contributed by atoms with Gasteiger partial charge >= 0.3 is 0 Å². The lowest BCUT2D eigenvalue weighted by Crippen LogP contribution is -2.40. The van der Waals surface area contributed by atoms with E-state index in [9.17, 15) is 12.8 Å². The van der Waals surface area contributed by atoms with E-state index in [1.807, 2.05) is 0 Å². The van der Waals surface area contributed by atoms with Crippen molar-refractivity contribution in [2.24, 2.45) is 0 Å². The van der Waals surface area contributed by atoms with Crippen LogP contribution in [0.2, 0.25) is 0 Å². The molecule has 2 rings (SSSR count). The summed E-state index contributed by atoms with van der Waals surface area (Å²) >= 11 is 0. The Kier molecular flexibility index (Phi) is 4.07. The molecule has 5 nitrogen and oxygen atoms in total. The summed E-state index contributed by atoms with van der Waals surface area (Å²) in [5.41, 5.74) is 5.71. The molecule has 0 radical (unpaired) electrons. The molecule has 0 aromatic heterocycles. The van der Waals surface area contributed by atoms with E-state index in [-0.39, 0.29) is 17.8 Å². The van der Waals surface area contributed by atoms with E-state index in [0.29, 0.717) is 6.42 Å². The quantitative estimate of drug-likeness (QED) is 0.817. The molecule has 19 heavy (non-hydrogen) atoms. The first-order chi connectivity index (χ1) is 8.94. The van der Waals surface area contributed by atoms with Crippen molar-refractivity contribution in [3.05, 3.63) is 24.0 Å². The Hall–Kier alpha value is -1.18. The second-order valence-corrected chi connectivity index (χ2v) is 6.31. The van der Waals surface area contributed by atoms with Crippen molar-refractivity contribution in [3.8, 4) is 0 Å². The van der Waals surface area contributed by atoms with Crippen LogP contribution in [0.4, 0.5) is 10.1 Å². The number of ether oxygens (including phenoxy) is 1. The summed E-state index contributed by atoms with van der Waals surface area (Å²) < 4.78 is 45.6. The van der Waals surface area contributed by atoms with Crippen LogP contribution in [-0.2, 0) is 14.8 Å². The van der Waals surface area contributed by atoms with Crippen LogP contribution in [0.3, 0.4) is 0 Å². The minimum absolute atomic E-state index is 0.168. The van der Waals surface area contributed by atoms with Crippen molar-refractivity contribution in [3.63, 3.8) is 0 Å². The third-order valence-electron chi connectivity index (χ3n) is 3.31. The van der Waals surface area contributed by atoms with E-state index in [0.717, 1.165) is 25.0 Å². The number of nitrogens with two attached hydrogens (primary N) is 1. The Balaban J connectivity index is 2.25. The molecule has 1 aromatic carbocycles. The van der Waals surface area contributed by atoms with Gasteiger partial charge in [-0.1, -0.05) is 0 Å². The summed E-state index contributed by atoms with van der Waals surface area (Å²) in [6.07, 6.45) is 2.19. The van der Waals surface area contributed by atoms with Crippen molar-refractivity contribution in [1.29, 1.82) is 0 Å². The highest BCUT2D eigenvalue weighted by molar-refractivity contribution is 7.89. The van der Waals surface area contributed by atoms with Crippen molar-refractivity contribution in [2.75, 3.05) is 12.8 Å². The molecule has 0 bridgehead atoms. The molecule has 1 aliphatic rings. The number of nitrogens with one attached hydrogen (secondary N) is 1. The predicted molar refractivity (Wildman–Crippen MR) is 69.6 cm³/mol. The van der Waals surface area contributed by atoms with Gasteiger partial charge < -0.3 is 10.5 Å². The fraction of sp³-hybridized carbons (Fsp3) is 0.500. The van der Waals surface area contributed by atoms with E-state index in [1.54, 1.807) is 7.11 Å². The first-order valence-corrected chi connectivity index (χ1v) is 7.52. The number of hydrogen-bond acceptors (Lipinski definition) is 4. The minimum atomic E-state index is -3.92. The molecule has 1 fully saturated rings. The number of anilines is 1. The second kappa shape index (κ2) is 5.44. The SMILES string of the molecule is COC1CCCC1NS(=O)(=O)c1cc(N)ccc1F. The normalized spacial score (nSPS) is 23.7. The number of sulfonamides is 1. The lowest BCUT2D eigenvalue weighted by atomic mass is 10.2. The first-order valence-electron chi connectivity index (χ1n) is 6.04. The Labute approximate surface area is 112 Å². The molecular weight excluding hydrogens is 271 g/mol. The molecule has 1 aromatic rings. The number of nitrogen functional groups attached to an aromatic ring is 1. The average Bonchev–Trinajstić information content (AvgIpc) is 2.78. The van der Waals surface area contributed by atoms with Gasteiger partial charge in [0.25, 0.3) is 0 Å². The maximum absolute atomic E-state index is 13.6. The van der Waals surface area contributed by atoms with E-state index < -0.39 is 20.7 Å². The first kappa shape index (κ1) is 14.2. The second-order valence-electron chi connectivity index (χ2n) is 4.62. The molecule has 3 N–H and O–H groups in total. The third-order valence-corrected chi connectivity index (χ3v) is 4.81. The summed E-state index contributed by atoms with van der Waals surface area (Å²) in [5.74, 6) is -0.811. The Bertz CT molecular complexity index is 562. The van der Waals surface area contributed by atoms with Gasteiger partial charge in [0.15, 0.2) is 0 Å². The largest absolute Gasteiger partial charge is 0.399 e. The number of rotatable bonds is 4. The highest BCUT2D eigenvalue weighted by Gasteiger charge is 2.32. The van der Waals surface area contributed by atoms with Crippen molar-refractivity contribution in [2.45, 2.75) is 36.3 Å². The van der Waals surface area contributed by atoms with E-state index in [1.165, 1.54) is 6.07 Å². The molecule has 2 atom stereocenters. The van der Waals surface area contributed by atoms with Crippen LogP contribution in [0, 0.1) is 5.82 Å².